The summed E-state index contributed by atoms with van der Waals surface area (Å²) in [7, 11) is 0. The highest BCUT2D eigenvalue weighted by Crippen LogP contribution is 2.39. The van der Waals surface area contributed by atoms with Gasteiger partial charge in [-0.05, 0) is 64.4 Å². The van der Waals surface area contributed by atoms with E-state index in [0.29, 0.717) is 24.8 Å². The molecule has 264 valence electrons. The third-order valence-corrected chi connectivity index (χ3v) is 9.75. The number of aliphatic hydroxyl groups is 1. The molecule has 11 heteroatoms. The molecule has 2 unspecified atom stereocenters. The molecule has 4 N–H and O–H groups in total. The number of aliphatic hydroxyl groups excluding tert-OH is 1. The van der Waals surface area contributed by atoms with E-state index in [9.17, 15) is 24.3 Å². The largest absolute Gasteiger partial charge is 0.390 e. The standard InChI is InChI=1S/C37H56N6O5/c1-25(44)20-37(5,6)33(40-32(46)23-42-17-16-38-24-42)35(48)39-29(18-26-12-8-7-9-13-26)31(45)22-43-21-28-15-11-10-14-27(28)19-30(43)34(47)41-36(2,3)4/h7-9,12-13,16-17,24,27-31,33,45H,10-11,14-15,18-23H2,1-6H3,(H,39,48)(H,40,46)(H,41,47)/t27-,28?,29?,30-,31+,33+/m0/s1. The highest BCUT2D eigenvalue weighted by atomic mass is 16.3. The van der Waals surface area contributed by atoms with Gasteiger partial charge in [0.15, 0.2) is 0 Å². The summed E-state index contributed by atoms with van der Waals surface area (Å²) in [6.07, 6.45) is 9.49. The number of likely N-dealkylation sites (tertiary alicyclic amines) is 1. The summed E-state index contributed by atoms with van der Waals surface area (Å²) < 4.78 is 1.60. The maximum Gasteiger partial charge on any atom is 0.243 e. The molecule has 1 saturated carbocycles. The molecule has 0 radical (unpaired) electrons. The van der Waals surface area contributed by atoms with Crippen LogP contribution < -0.4 is 16.0 Å². The van der Waals surface area contributed by atoms with E-state index < -0.39 is 41.0 Å². The van der Waals surface area contributed by atoms with Crippen LogP contribution in [0.2, 0.25) is 0 Å². The lowest BCUT2D eigenvalue weighted by Crippen LogP contribution is -2.62. The number of fused-ring (bicyclic) bond motifs is 1. The molecule has 1 saturated heterocycles. The Morgan fingerprint density at radius 1 is 1.00 bits per heavy atom. The van der Waals surface area contributed by atoms with Gasteiger partial charge < -0.3 is 30.4 Å². The number of benzene rings is 1. The van der Waals surface area contributed by atoms with Crippen LogP contribution in [0, 0.1) is 17.3 Å². The number of hydrogen-bond donors (Lipinski definition) is 4. The summed E-state index contributed by atoms with van der Waals surface area (Å²) in [5, 5.41) is 21.1. The Kier molecular flexibility index (Phi) is 12.6. The van der Waals surface area contributed by atoms with Gasteiger partial charge in [0.1, 0.15) is 18.4 Å². The molecule has 1 aromatic heterocycles. The van der Waals surface area contributed by atoms with E-state index in [2.05, 4.69) is 25.8 Å². The van der Waals surface area contributed by atoms with Crippen LogP contribution in [0.1, 0.15) is 85.6 Å². The first kappa shape index (κ1) is 37.3. The smallest absolute Gasteiger partial charge is 0.243 e. The average Bonchev–Trinajstić information content (AvgIpc) is 3.51. The van der Waals surface area contributed by atoms with E-state index in [-0.39, 0.29) is 37.2 Å². The summed E-state index contributed by atoms with van der Waals surface area (Å²) in [6.45, 7) is 11.8. The number of aromatic nitrogens is 2. The van der Waals surface area contributed by atoms with E-state index in [1.807, 2.05) is 51.1 Å². The van der Waals surface area contributed by atoms with Gasteiger partial charge in [-0.15, -0.1) is 0 Å². The number of piperidine rings is 1. The number of nitrogens with one attached hydrogen (secondary N) is 3. The summed E-state index contributed by atoms with van der Waals surface area (Å²) >= 11 is 0. The quantitative estimate of drug-likeness (QED) is 0.243. The number of nitrogens with zero attached hydrogens (tertiary/aromatic N) is 3. The normalized spacial score (nSPS) is 22.1. The fraction of sp³-hybridized carbons (Fsp3) is 0.649. The molecule has 1 aromatic carbocycles. The van der Waals surface area contributed by atoms with Gasteiger partial charge in [0.2, 0.25) is 17.7 Å². The fourth-order valence-electron chi connectivity index (χ4n) is 7.52. The van der Waals surface area contributed by atoms with Crippen LogP contribution in [-0.4, -0.2) is 85.9 Å². The highest BCUT2D eigenvalue weighted by molar-refractivity contribution is 5.89. The number of carbonyl (C=O) groups is 4. The zero-order valence-electron chi connectivity index (χ0n) is 29.6. The molecule has 1 aliphatic carbocycles. The first-order chi connectivity index (χ1) is 22.6. The van der Waals surface area contributed by atoms with Crippen LogP contribution in [0.15, 0.2) is 49.1 Å². The first-order valence-electron chi connectivity index (χ1n) is 17.4. The second-order valence-electron chi connectivity index (χ2n) is 15.7. The van der Waals surface area contributed by atoms with Crippen LogP contribution in [-0.2, 0) is 32.1 Å². The van der Waals surface area contributed by atoms with Gasteiger partial charge in [-0.25, -0.2) is 4.98 Å². The predicted molar refractivity (Wildman–Crippen MR) is 185 cm³/mol. The maximum absolute atomic E-state index is 14.2. The van der Waals surface area contributed by atoms with Gasteiger partial charge in [-0.3, -0.25) is 19.3 Å². The van der Waals surface area contributed by atoms with Gasteiger partial charge in [0.05, 0.1) is 24.5 Å². The van der Waals surface area contributed by atoms with E-state index in [0.717, 1.165) is 24.8 Å². The third-order valence-electron chi connectivity index (χ3n) is 9.75. The maximum atomic E-state index is 14.2. The zero-order valence-corrected chi connectivity index (χ0v) is 29.6. The number of hydrogen-bond acceptors (Lipinski definition) is 7. The Hall–Kier alpha value is -3.57. The molecule has 2 aliphatic rings. The van der Waals surface area contributed by atoms with Crippen molar-refractivity contribution in [3.63, 3.8) is 0 Å². The van der Waals surface area contributed by atoms with Crippen molar-refractivity contribution in [3.05, 3.63) is 54.6 Å². The van der Waals surface area contributed by atoms with Crippen molar-refractivity contribution in [3.8, 4) is 0 Å². The number of rotatable bonds is 14. The SMILES string of the molecule is CC(=O)CC(C)(C)[C@H](NC(=O)Cn1ccnc1)C(=O)NC(Cc1ccccc1)[C@H](O)CN1CC2CCCC[C@H]2C[C@H]1C(=O)NC(C)(C)C. The molecule has 2 heterocycles. The molecule has 4 rings (SSSR count). The van der Waals surface area contributed by atoms with E-state index in [1.54, 1.807) is 30.8 Å². The fourth-order valence-corrected chi connectivity index (χ4v) is 7.52. The number of imidazole rings is 1. The van der Waals surface area contributed by atoms with Crippen molar-refractivity contribution in [2.24, 2.45) is 17.3 Å². The lowest BCUT2D eigenvalue weighted by atomic mass is 9.72. The molecular weight excluding hydrogens is 608 g/mol. The van der Waals surface area contributed by atoms with Crippen LogP contribution in [0.4, 0.5) is 0 Å². The Labute approximate surface area is 285 Å². The van der Waals surface area contributed by atoms with Crippen LogP contribution in [0.5, 0.6) is 0 Å². The van der Waals surface area contributed by atoms with Gasteiger partial charge in [0, 0.05) is 42.9 Å². The minimum Gasteiger partial charge on any atom is -0.390 e. The highest BCUT2D eigenvalue weighted by Gasteiger charge is 2.43. The molecule has 11 nitrogen and oxygen atoms in total. The molecule has 1 aliphatic heterocycles. The number of Topliss-reactive ketones (excluding diaryl/α,β-unsaturated/α-hetero) is 1. The van der Waals surface area contributed by atoms with Crippen molar-refractivity contribution >= 4 is 23.5 Å². The van der Waals surface area contributed by atoms with Crippen molar-refractivity contribution in [1.82, 2.24) is 30.4 Å². The summed E-state index contributed by atoms with van der Waals surface area (Å²) in [6, 6.07) is 7.48. The van der Waals surface area contributed by atoms with Crippen molar-refractivity contribution in [2.75, 3.05) is 13.1 Å². The summed E-state index contributed by atoms with van der Waals surface area (Å²) in [5.41, 5.74) is -0.376. The van der Waals surface area contributed by atoms with Gasteiger partial charge in [-0.2, -0.15) is 0 Å². The van der Waals surface area contributed by atoms with Gasteiger partial charge in [0.25, 0.3) is 0 Å². The minimum atomic E-state index is -1.05. The summed E-state index contributed by atoms with van der Waals surface area (Å²) in [5.74, 6) is -0.0596. The van der Waals surface area contributed by atoms with Crippen molar-refractivity contribution in [1.29, 1.82) is 0 Å². The number of amides is 3. The molecule has 6 atom stereocenters. The molecule has 48 heavy (non-hydrogen) atoms. The van der Waals surface area contributed by atoms with Crippen LogP contribution in [0.3, 0.4) is 0 Å². The van der Waals surface area contributed by atoms with Crippen molar-refractivity contribution in [2.45, 2.75) is 123 Å². The monoisotopic (exact) mass is 664 g/mol. The first-order valence-corrected chi connectivity index (χ1v) is 17.4. The van der Waals surface area contributed by atoms with Crippen LogP contribution in [0.25, 0.3) is 0 Å². The number of carbonyl (C=O) groups excluding carboxylic acids is 4. The third kappa shape index (κ3) is 10.7. The van der Waals surface area contributed by atoms with E-state index >= 15 is 0 Å². The van der Waals surface area contributed by atoms with Gasteiger partial charge in [-0.1, -0.05) is 63.4 Å². The van der Waals surface area contributed by atoms with Crippen molar-refractivity contribution < 1.29 is 24.3 Å². The van der Waals surface area contributed by atoms with E-state index in [4.69, 9.17) is 0 Å². The molecule has 2 fully saturated rings. The summed E-state index contributed by atoms with van der Waals surface area (Å²) in [4.78, 5) is 59.3. The Morgan fingerprint density at radius 3 is 2.31 bits per heavy atom. The zero-order chi connectivity index (χ0) is 35.1. The van der Waals surface area contributed by atoms with Crippen LogP contribution >= 0.6 is 0 Å². The molecular formula is C37H56N6O5. The molecule has 3 amide bonds. The number of β-amino-alcohol motifs (C(OH)–C–C–N with tert-alkyl or cyclic N) is 1. The second-order valence-corrected chi connectivity index (χ2v) is 15.7. The molecule has 2 aromatic rings. The average molecular weight is 665 g/mol. The Bertz CT molecular complexity index is 1370. The predicted octanol–water partition coefficient (Wildman–Crippen LogP) is 3.26. The molecule has 0 spiro atoms. The topological polar surface area (TPSA) is 146 Å². The van der Waals surface area contributed by atoms with E-state index in [1.165, 1.54) is 26.1 Å². The number of ketones is 1. The Morgan fingerprint density at radius 2 is 1.69 bits per heavy atom. The lowest BCUT2D eigenvalue weighted by Gasteiger charge is -2.47. The minimum absolute atomic E-state index is 0.0333. The molecule has 0 bridgehead atoms. The Balaban J connectivity index is 1.58. The second kappa shape index (κ2) is 16.2. The lowest BCUT2D eigenvalue weighted by molar-refractivity contribution is -0.135. The van der Waals surface area contributed by atoms with Gasteiger partial charge >= 0.3 is 0 Å².